The normalized spacial score (nSPS) is 28.1. The van der Waals surface area contributed by atoms with Crippen molar-refractivity contribution in [3.63, 3.8) is 0 Å². The van der Waals surface area contributed by atoms with Gasteiger partial charge in [-0.15, -0.1) is 0 Å². The van der Waals surface area contributed by atoms with E-state index in [0.29, 0.717) is 30.7 Å². The molecule has 31 heavy (non-hydrogen) atoms. The molecule has 1 saturated heterocycles. The molecule has 0 unspecified atom stereocenters. The van der Waals surface area contributed by atoms with Gasteiger partial charge in [0.1, 0.15) is 0 Å². The number of esters is 1. The largest absolute Gasteiger partial charge is 0.466 e. The molecular weight excluding hydrogens is 396 g/mol. The molecule has 1 saturated carbocycles. The molecule has 2 amide bonds. The summed E-state index contributed by atoms with van der Waals surface area (Å²) in [5.74, 6) is 0.0967. The van der Waals surface area contributed by atoms with Gasteiger partial charge in [0.05, 0.1) is 24.3 Å². The molecule has 2 fully saturated rings. The predicted octanol–water partition coefficient (Wildman–Crippen LogP) is 3.65. The summed E-state index contributed by atoms with van der Waals surface area (Å²) in [7, 11) is 0. The third-order valence-corrected chi connectivity index (χ3v) is 7.13. The smallest absolute Gasteiger partial charge is 0.421 e. The average Bonchev–Trinajstić information content (AvgIpc) is 3.31. The van der Waals surface area contributed by atoms with E-state index in [1.54, 1.807) is 6.92 Å². The molecule has 1 atom stereocenters. The van der Waals surface area contributed by atoms with E-state index >= 15 is 0 Å². The van der Waals surface area contributed by atoms with Crippen LogP contribution in [0.25, 0.3) is 0 Å². The number of likely N-dealkylation sites (tertiary alicyclic amines) is 1. The Hall–Kier alpha value is -2.41. The van der Waals surface area contributed by atoms with Gasteiger partial charge in [0.25, 0.3) is 0 Å². The van der Waals surface area contributed by atoms with Crippen LogP contribution in [-0.4, -0.2) is 55.2 Å². The summed E-state index contributed by atoms with van der Waals surface area (Å²) in [4.78, 5) is 41.5. The van der Waals surface area contributed by atoms with Crippen LogP contribution < -0.4 is 4.90 Å². The fourth-order valence-corrected chi connectivity index (χ4v) is 5.64. The van der Waals surface area contributed by atoms with Gasteiger partial charge in [-0.05, 0) is 70.0 Å². The molecule has 0 bridgehead atoms. The molecule has 0 N–H and O–H groups in total. The van der Waals surface area contributed by atoms with Gasteiger partial charge in [0, 0.05) is 19.0 Å². The minimum Gasteiger partial charge on any atom is -0.466 e. The molecule has 168 valence electrons. The van der Waals surface area contributed by atoms with Crippen molar-refractivity contribution < 1.29 is 23.9 Å². The maximum absolute atomic E-state index is 13.5. The zero-order chi connectivity index (χ0) is 22.0. The van der Waals surface area contributed by atoms with Crippen LogP contribution >= 0.6 is 0 Å². The van der Waals surface area contributed by atoms with Crippen LogP contribution in [0.5, 0.6) is 0 Å². The van der Waals surface area contributed by atoms with Crippen LogP contribution in [-0.2, 0) is 24.5 Å². The summed E-state index contributed by atoms with van der Waals surface area (Å²) in [6, 6.07) is 8.03. The Labute approximate surface area is 183 Å². The number of ether oxygens (including phenoxy) is 2. The minimum atomic E-state index is -0.635. The van der Waals surface area contributed by atoms with E-state index < -0.39 is 11.5 Å². The van der Waals surface area contributed by atoms with E-state index in [-0.39, 0.29) is 18.5 Å². The Kier molecular flexibility index (Phi) is 6.32. The molecule has 7 nitrogen and oxygen atoms in total. The maximum Gasteiger partial charge on any atom is 0.421 e. The summed E-state index contributed by atoms with van der Waals surface area (Å²) in [6.07, 6.45) is 4.18. The van der Waals surface area contributed by atoms with E-state index in [2.05, 4.69) is 4.90 Å². The highest BCUT2D eigenvalue weighted by atomic mass is 16.6. The summed E-state index contributed by atoms with van der Waals surface area (Å²) in [6.45, 7) is 6.15. The zero-order valence-electron chi connectivity index (χ0n) is 18.5. The topological polar surface area (TPSA) is 76.2 Å². The van der Waals surface area contributed by atoms with Crippen LogP contribution in [0.2, 0.25) is 0 Å². The standard InChI is InChI=1S/C24H32N2O5/c1-3-30-21(27)15-17-11-14-25(16-17)18-9-12-24(13-10-18)19-7-5-6-8-20(19)26(22(24)28)23(29)31-4-2/h5-8,17-18H,3-4,9-16H2,1-2H3/t17-,18?,24?/m1/s1. The lowest BCUT2D eigenvalue weighted by atomic mass is 9.68. The molecule has 1 spiro atoms. The number of carbonyl (C=O) groups is 3. The third-order valence-electron chi connectivity index (χ3n) is 7.13. The highest BCUT2D eigenvalue weighted by molar-refractivity contribution is 6.21. The second-order valence-electron chi connectivity index (χ2n) is 8.83. The van der Waals surface area contributed by atoms with Crippen LogP contribution in [0.1, 0.15) is 57.9 Å². The van der Waals surface area contributed by atoms with Gasteiger partial charge < -0.3 is 14.4 Å². The number of rotatable bonds is 5. The Balaban J connectivity index is 1.44. The second kappa shape index (κ2) is 8.99. The summed E-state index contributed by atoms with van der Waals surface area (Å²) in [5, 5.41) is 0. The van der Waals surface area contributed by atoms with Crippen molar-refractivity contribution in [2.24, 2.45) is 5.92 Å². The second-order valence-corrected chi connectivity index (χ2v) is 8.83. The number of hydrogen-bond donors (Lipinski definition) is 0. The van der Waals surface area contributed by atoms with Crippen molar-refractivity contribution in [2.75, 3.05) is 31.2 Å². The molecule has 2 heterocycles. The first-order chi connectivity index (χ1) is 15.0. The van der Waals surface area contributed by atoms with Crippen molar-refractivity contribution in [2.45, 2.75) is 63.8 Å². The van der Waals surface area contributed by atoms with Gasteiger partial charge in [-0.1, -0.05) is 18.2 Å². The van der Waals surface area contributed by atoms with E-state index in [1.165, 1.54) is 4.90 Å². The van der Waals surface area contributed by atoms with Crippen molar-refractivity contribution in [3.8, 4) is 0 Å². The molecule has 0 radical (unpaired) electrons. The van der Waals surface area contributed by atoms with E-state index in [0.717, 1.165) is 50.8 Å². The third kappa shape index (κ3) is 3.95. The Morgan fingerprint density at radius 2 is 1.77 bits per heavy atom. The van der Waals surface area contributed by atoms with Crippen LogP contribution in [0.15, 0.2) is 24.3 Å². The molecule has 1 aliphatic carbocycles. The molecule has 1 aromatic rings. The first-order valence-corrected chi connectivity index (χ1v) is 11.5. The van der Waals surface area contributed by atoms with Crippen LogP contribution in [0.4, 0.5) is 10.5 Å². The van der Waals surface area contributed by atoms with Gasteiger partial charge in [-0.2, -0.15) is 0 Å². The van der Waals surface area contributed by atoms with Crippen LogP contribution in [0, 0.1) is 5.92 Å². The molecule has 0 aromatic heterocycles. The number of hydrogen-bond acceptors (Lipinski definition) is 6. The number of anilines is 1. The molecule has 7 heteroatoms. The highest BCUT2D eigenvalue weighted by Gasteiger charge is 2.54. The lowest BCUT2D eigenvalue weighted by Crippen LogP contribution is -2.48. The number of imide groups is 1. The number of amides is 2. The lowest BCUT2D eigenvalue weighted by molar-refractivity contribution is -0.144. The number of carbonyl (C=O) groups excluding carboxylic acids is 3. The summed E-state index contributed by atoms with van der Waals surface area (Å²) >= 11 is 0. The van der Waals surface area contributed by atoms with Gasteiger partial charge >= 0.3 is 12.1 Å². The van der Waals surface area contributed by atoms with E-state index in [1.807, 2.05) is 31.2 Å². The first kappa shape index (κ1) is 21.8. The SMILES string of the molecule is CCOC(=O)C[C@H]1CCN(C2CCC3(CC2)C(=O)N(C(=O)OCC)c2ccccc23)C1. The maximum atomic E-state index is 13.5. The molecule has 2 aliphatic heterocycles. The van der Waals surface area contributed by atoms with E-state index in [9.17, 15) is 14.4 Å². The Morgan fingerprint density at radius 3 is 2.48 bits per heavy atom. The average molecular weight is 429 g/mol. The molecule has 3 aliphatic rings. The Morgan fingerprint density at radius 1 is 1.06 bits per heavy atom. The van der Waals surface area contributed by atoms with Crippen molar-refractivity contribution >= 4 is 23.7 Å². The number of benzene rings is 1. The fraction of sp³-hybridized carbons (Fsp3) is 0.625. The first-order valence-electron chi connectivity index (χ1n) is 11.5. The number of nitrogens with zero attached hydrogens (tertiary/aromatic N) is 2. The van der Waals surface area contributed by atoms with Crippen molar-refractivity contribution in [1.82, 2.24) is 4.90 Å². The quantitative estimate of drug-likeness (QED) is 0.667. The highest BCUT2D eigenvalue weighted by Crippen LogP contribution is 2.51. The number of fused-ring (bicyclic) bond motifs is 2. The summed E-state index contributed by atoms with van der Waals surface area (Å²) < 4.78 is 10.3. The predicted molar refractivity (Wildman–Crippen MR) is 116 cm³/mol. The summed E-state index contributed by atoms with van der Waals surface area (Å²) in [5.41, 5.74) is 0.984. The van der Waals surface area contributed by atoms with Gasteiger partial charge in [-0.25, -0.2) is 9.69 Å². The monoisotopic (exact) mass is 428 g/mol. The minimum absolute atomic E-state index is 0.107. The van der Waals surface area contributed by atoms with Gasteiger partial charge in [-0.3, -0.25) is 9.59 Å². The van der Waals surface area contributed by atoms with E-state index in [4.69, 9.17) is 9.47 Å². The van der Waals surface area contributed by atoms with Gasteiger partial charge in [0.2, 0.25) is 5.91 Å². The van der Waals surface area contributed by atoms with Gasteiger partial charge in [0.15, 0.2) is 0 Å². The molecular formula is C24H32N2O5. The van der Waals surface area contributed by atoms with Crippen LogP contribution in [0.3, 0.4) is 0 Å². The zero-order valence-corrected chi connectivity index (χ0v) is 18.5. The molecule has 4 rings (SSSR count). The lowest BCUT2D eigenvalue weighted by Gasteiger charge is -2.39. The Bertz CT molecular complexity index is 846. The number of para-hydroxylation sites is 1. The van der Waals surface area contributed by atoms with Crippen molar-refractivity contribution in [3.05, 3.63) is 29.8 Å². The molecule has 1 aromatic carbocycles. The fourth-order valence-electron chi connectivity index (χ4n) is 5.64. The van der Waals surface area contributed by atoms with Crippen molar-refractivity contribution in [1.29, 1.82) is 0 Å².